The van der Waals surface area contributed by atoms with Gasteiger partial charge in [-0.2, -0.15) is 0 Å². The lowest BCUT2D eigenvalue weighted by atomic mass is 9.99. The first-order chi connectivity index (χ1) is 8.31. The Hall–Kier alpha value is -1.36. The molecule has 0 aromatic heterocycles. The maximum absolute atomic E-state index is 13.9. The van der Waals surface area contributed by atoms with E-state index < -0.39 is 11.6 Å². The van der Waals surface area contributed by atoms with E-state index in [2.05, 4.69) is 18.7 Å². The predicted molar refractivity (Wildman–Crippen MR) is 69.7 cm³/mol. The molecule has 2 rings (SSSR count). The number of nitrogens with two attached hydrogens (primary N) is 1. The second kappa shape index (κ2) is 4.39. The molecule has 0 unspecified atom stereocenters. The lowest BCUT2D eigenvalue weighted by Gasteiger charge is -2.46. The van der Waals surface area contributed by atoms with Crippen LogP contribution < -0.4 is 10.6 Å². The van der Waals surface area contributed by atoms with Crippen LogP contribution in [0.1, 0.15) is 13.8 Å². The Morgan fingerprint density at radius 1 is 1.17 bits per heavy atom. The molecule has 0 saturated carbocycles. The van der Waals surface area contributed by atoms with E-state index in [0.29, 0.717) is 13.1 Å². The highest BCUT2D eigenvalue weighted by Gasteiger charge is 2.33. The molecule has 2 N–H and O–H groups in total. The predicted octanol–water partition coefficient (Wildman–Crippen LogP) is 2.08. The van der Waals surface area contributed by atoms with E-state index in [0.717, 1.165) is 6.54 Å². The number of rotatable bonds is 1. The van der Waals surface area contributed by atoms with E-state index >= 15 is 0 Å². The number of benzene rings is 1. The Morgan fingerprint density at radius 2 is 1.72 bits per heavy atom. The second-order valence-corrected chi connectivity index (χ2v) is 5.49. The zero-order valence-corrected chi connectivity index (χ0v) is 11.0. The number of anilines is 2. The van der Waals surface area contributed by atoms with Crippen molar-refractivity contribution in [3.05, 3.63) is 23.8 Å². The minimum Gasteiger partial charge on any atom is -0.399 e. The highest BCUT2D eigenvalue weighted by atomic mass is 19.1. The van der Waals surface area contributed by atoms with Gasteiger partial charge < -0.3 is 10.6 Å². The molecule has 5 heteroatoms. The summed E-state index contributed by atoms with van der Waals surface area (Å²) in [7, 11) is 2.02. The Labute approximate surface area is 106 Å². The van der Waals surface area contributed by atoms with Crippen molar-refractivity contribution in [1.82, 2.24) is 4.90 Å². The van der Waals surface area contributed by atoms with Gasteiger partial charge in [0.15, 0.2) is 11.6 Å². The maximum Gasteiger partial charge on any atom is 0.151 e. The lowest BCUT2D eigenvalue weighted by Crippen LogP contribution is -2.58. The molecule has 1 aliphatic rings. The smallest absolute Gasteiger partial charge is 0.151 e. The van der Waals surface area contributed by atoms with Gasteiger partial charge in [-0.25, -0.2) is 8.78 Å². The average molecular weight is 255 g/mol. The highest BCUT2D eigenvalue weighted by molar-refractivity contribution is 5.56. The van der Waals surface area contributed by atoms with Crippen LogP contribution in [0.5, 0.6) is 0 Å². The number of nitrogen functional groups attached to an aromatic ring is 1. The van der Waals surface area contributed by atoms with E-state index in [1.54, 1.807) is 4.90 Å². The first-order valence-electron chi connectivity index (χ1n) is 6.02. The molecule has 3 nitrogen and oxygen atoms in total. The number of piperazine rings is 1. The minimum absolute atomic E-state index is 0.0328. The molecule has 18 heavy (non-hydrogen) atoms. The van der Waals surface area contributed by atoms with Crippen molar-refractivity contribution in [1.29, 1.82) is 0 Å². The summed E-state index contributed by atoms with van der Waals surface area (Å²) < 4.78 is 27.7. The molecule has 1 aromatic carbocycles. The molecule has 100 valence electrons. The summed E-state index contributed by atoms with van der Waals surface area (Å²) in [6.45, 7) is 6.09. The van der Waals surface area contributed by atoms with E-state index in [-0.39, 0.29) is 16.9 Å². The van der Waals surface area contributed by atoms with E-state index in [4.69, 9.17) is 5.73 Å². The summed E-state index contributed by atoms with van der Waals surface area (Å²) in [4.78, 5) is 3.95. The van der Waals surface area contributed by atoms with Crippen molar-refractivity contribution < 1.29 is 8.78 Å². The van der Waals surface area contributed by atoms with Crippen molar-refractivity contribution in [2.24, 2.45) is 0 Å². The quantitative estimate of drug-likeness (QED) is 0.780. The normalized spacial score (nSPS) is 20.2. The Bertz CT molecular complexity index is 437. The fourth-order valence-corrected chi connectivity index (χ4v) is 2.32. The van der Waals surface area contributed by atoms with Crippen LogP contribution in [-0.2, 0) is 0 Å². The monoisotopic (exact) mass is 255 g/mol. The number of halogens is 2. The van der Waals surface area contributed by atoms with E-state index in [1.165, 1.54) is 12.1 Å². The first-order valence-corrected chi connectivity index (χ1v) is 6.02. The van der Waals surface area contributed by atoms with Gasteiger partial charge in [0.1, 0.15) is 5.69 Å². The van der Waals surface area contributed by atoms with Gasteiger partial charge in [0.2, 0.25) is 0 Å². The first kappa shape index (κ1) is 13.1. The summed E-state index contributed by atoms with van der Waals surface area (Å²) in [6, 6.07) is 2.34. The van der Waals surface area contributed by atoms with E-state index in [9.17, 15) is 8.78 Å². The minimum atomic E-state index is -0.590. The van der Waals surface area contributed by atoms with Gasteiger partial charge in [-0.3, -0.25) is 4.90 Å². The summed E-state index contributed by atoms with van der Waals surface area (Å²) >= 11 is 0. The molecule has 0 atom stereocenters. The Kier molecular flexibility index (Phi) is 3.19. The lowest BCUT2D eigenvalue weighted by molar-refractivity contribution is 0.138. The van der Waals surface area contributed by atoms with E-state index in [1.807, 2.05) is 7.05 Å². The largest absolute Gasteiger partial charge is 0.399 e. The molecule has 1 aromatic rings. The van der Waals surface area contributed by atoms with Crippen LogP contribution in [-0.4, -0.2) is 37.1 Å². The van der Waals surface area contributed by atoms with Crippen LogP contribution in [0.2, 0.25) is 0 Å². The summed E-state index contributed by atoms with van der Waals surface area (Å²) in [5.41, 5.74) is 5.46. The van der Waals surface area contributed by atoms with Gasteiger partial charge in [-0.05, 0) is 33.0 Å². The van der Waals surface area contributed by atoms with Crippen molar-refractivity contribution in [3.8, 4) is 0 Å². The molecular weight excluding hydrogens is 236 g/mol. The van der Waals surface area contributed by atoms with Crippen molar-refractivity contribution in [2.45, 2.75) is 19.4 Å². The standard InChI is InChI=1S/C13H19F2N3/c1-13(2)8-18(5-4-17(13)3)12-10(14)6-9(16)7-11(12)15/h6-7H,4-5,8,16H2,1-3H3. The third-order valence-electron chi connectivity index (χ3n) is 3.67. The topological polar surface area (TPSA) is 32.5 Å². The van der Waals surface area contributed by atoms with Crippen LogP contribution >= 0.6 is 0 Å². The van der Waals surface area contributed by atoms with Crippen molar-refractivity contribution in [2.75, 3.05) is 37.3 Å². The zero-order valence-electron chi connectivity index (χ0n) is 11.0. The number of hydrogen-bond donors (Lipinski definition) is 1. The second-order valence-electron chi connectivity index (χ2n) is 5.49. The van der Waals surface area contributed by atoms with Gasteiger partial charge in [0.05, 0.1) is 0 Å². The number of nitrogens with zero attached hydrogens (tertiary/aromatic N) is 2. The van der Waals surface area contributed by atoms with Gasteiger partial charge in [-0.15, -0.1) is 0 Å². The van der Waals surface area contributed by atoms with Crippen LogP contribution in [0.3, 0.4) is 0 Å². The van der Waals surface area contributed by atoms with Gasteiger partial charge in [0.25, 0.3) is 0 Å². The molecule has 1 aliphatic heterocycles. The molecule has 0 aliphatic carbocycles. The summed E-state index contributed by atoms with van der Waals surface area (Å²) in [6.07, 6.45) is 0. The Balaban J connectivity index is 2.33. The van der Waals surface area contributed by atoms with Crippen LogP contribution in [0.25, 0.3) is 0 Å². The maximum atomic E-state index is 13.9. The van der Waals surface area contributed by atoms with Gasteiger partial charge in [0, 0.05) is 30.9 Å². The third-order valence-corrected chi connectivity index (χ3v) is 3.67. The van der Waals surface area contributed by atoms with Gasteiger partial charge >= 0.3 is 0 Å². The zero-order chi connectivity index (χ0) is 13.5. The van der Waals surface area contributed by atoms with Crippen molar-refractivity contribution in [3.63, 3.8) is 0 Å². The molecule has 1 saturated heterocycles. The third kappa shape index (κ3) is 2.27. The highest BCUT2D eigenvalue weighted by Crippen LogP contribution is 2.30. The molecule has 0 spiro atoms. The Morgan fingerprint density at radius 3 is 2.22 bits per heavy atom. The molecule has 0 amide bonds. The van der Waals surface area contributed by atoms with Crippen LogP contribution in [0, 0.1) is 11.6 Å². The summed E-state index contributed by atoms with van der Waals surface area (Å²) in [5.74, 6) is -1.18. The number of likely N-dealkylation sites (N-methyl/N-ethyl adjacent to an activating group) is 1. The molecule has 0 radical (unpaired) electrons. The fraction of sp³-hybridized carbons (Fsp3) is 0.538. The fourth-order valence-electron chi connectivity index (χ4n) is 2.32. The van der Waals surface area contributed by atoms with Crippen LogP contribution in [0.4, 0.5) is 20.2 Å². The molecular formula is C13H19F2N3. The average Bonchev–Trinajstić information content (AvgIpc) is 2.21. The molecule has 1 fully saturated rings. The van der Waals surface area contributed by atoms with Crippen LogP contribution in [0.15, 0.2) is 12.1 Å². The van der Waals surface area contributed by atoms with Gasteiger partial charge in [-0.1, -0.05) is 0 Å². The summed E-state index contributed by atoms with van der Waals surface area (Å²) in [5, 5.41) is 0. The molecule has 1 heterocycles. The molecule has 0 bridgehead atoms. The van der Waals surface area contributed by atoms with Crippen molar-refractivity contribution >= 4 is 11.4 Å². The SMILES string of the molecule is CN1CCN(c2c(F)cc(N)cc2F)CC1(C)C. The number of hydrogen-bond acceptors (Lipinski definition) is 3.